The number of aromatic nitrogens is 1. The summed E-state index contributed by atoms with van der Waals surface area (Å²) in [5, 5.41) is 14.5. The largest absolute Gasteiger partial charge is 0.381 e. The number of nitro groups is 1. The van der Waals surface area contributed by atoms with Crippen LogP contribution in [-0.4, -0.2) is 16.5 Å². The molecule has 0 saturated heterocycles. The lowest BCUT2D eigenvalue weighted by molar-refractivity contribution is -0.383. The summed E-state index contributed by atoms with van der Waals surface area (Å²) in [7, 11) is 0. The van der Waals surface area contributed by atoms with Crippen LogP contribution in [0.3, 0.4) is 0 Å². The molecule has 1 fully saturated rings. The van der Waals surface area contributed by atoms with Crippen molar-refractivity contribution in [1.82, 2.24) is 4.98 Å². The average Bonchev–Trinajstić information content (AvgIpc) is 3.04. The highest BCUT2D eigenvalue weighted by Gasteiger charge is 2.45. The molecule has 0 aliphatic heterocycles. The fraction of sp³-hybridized carbons (Fsp3) is 0.400. The molecule has 0 bridgehead atoms. The third-order valence-electron chi connectivity index (χ3n) is 4.26. The van der Waals surface area contributed by atoms with Gasteiger partial charge in [-0.2, -0.15) is 0 Å². The first-order valence-electron chi connectivity index (χ1n) is 6.85. The van der Waals surface area contributed by atoms with E-state index in [1.54, 1.807) is 12.1 Å². The van der Waals surface area contributed by atoms with Gasteiger partial charge in [-0.15, -0.1) is 0 Å². The second-order valence-electron chi connectivity index (χ2n) is 6.18. The standard InChI is InChI=1S/C15H16FN3O2/c1-15(2)7-9(15)8-18-14-11(16)6-12(19(20)21)10-4-3-5-17-13(10)14/h3-6,9,18H,7-8H2,1-2H3. The van der Waals surface area contributed by atoms with E-state index in [9.17, 15) is 14.5 Å². The Kier molecular flexibility index (Phi) is 3.04. The van der Waals surface area contributed by atoms with Crippen LogP contribution in [0.15, 0.2) is 24.4 Å². The van der Waals surface area contributed by atoms with Crippen molar-refractivity contribution in [3.63, 3.8) is 0 Å². The van der Waals surface area contributed by atoms with Gasteiger partial charge in [-0.1, -0.05) is 13.8 Å². The lowest BCUT2D eigenvalue weighted by atomic mass is 10.1. The second-order valence-corrected chi connectivity index (χ2v) is 6.18. The molecule has 5 nitrogen and oxygen atoms in total. The summed E-state index contributed by atoms with van der Waals surface area (Å²) in [6.07, 6.45) is 2.61. The van der Waals surface area contributed by atoms with Crippen molar-refractivity contribution in [2.45, 2.75) is 20.3 Å². The van der Waals surface area contributed by atoms with E-state index in [2.05, 4.69) is 24.1 Å². The zero-order valence-electron chi connectivity index (χ0n) is 11.9. The summed E-state index contributed by atoms with van der Waals surface area (Å²) < 4.78 is 14.2. The molecule has 0 amide bonds. The number of hydrogen-bond acceptors (Lipinski definition) is 4. The normalized spacial score (nSPS) is 19.5. The van der Waals surface area contributed by atoms with Crippen LogP contribution in [0.1, 0.15) is 20.3 Å². The molecule has 2 aromatic rings. The first kappa shape index (κ1) is 13.7. The van der Waals surface area contributed by atoms with Crippen molar-refractivity contribution < 1.29 is 9.31 Å². The average molecular weight is 289 g/mol. The van der Waals surface area contributed by atoms with Crippen molar-refractivity contribution in [3.05, 3.63) is 40.3 Å². The smallest absolute Gasteiger partial charge is 0.281 e. The minimum Gasteiger partial charge on any atom is -0.381 e. The van der Waals surface area contributed by atoms with E-state index in [1.165, 1.54) is 6.20 Å². The van der Waals surface area contributed by atoms with Crippen molar-refractivity contribution in [3.8, 4) is 0 Å². The van der Waals surface area contributed by atoms with Crippen molar-refractivity contribution in [2.24, 2.45) is 11.3 Å². The highest BCUT2D eigenvalue weighted by molar-refractivity contribution is 5.97. The molecule has 0 radical (unpaired) electrons. The third kappa shape index (κ3) is 2.41. The topological polar surface area (TPSA) is 68.1 Å². The van der Waals surface area contributed by atoms with Gasteiger partial charge >= 0.3 is 0 Å². The van der Waals surface area contributed by atoms with Gasteiger partial charge in [0.25, 0.3) is 5.69 Å². The minimum atomic E-state index is -0.633. The molecule has 1 unspecified atom stereocenters. The Labute approximate surface area is 121 Å². The zero-order valence-corrected chi connectivity index (χ0v) is 11.9. The number of hydrogen-bond donors (Lipinski definition) is 1. The van der Waals surface area contributed by atoms with E-state index in [-0.39, 0.29) is 16.8 Å². The molecule has 1 heterocycles. The highest BCUT2D eigenvalue weighted by Crippen LogP contribution is 2.51. The molecule has 1 atom stereocenters. The molecule has 1 saturated carbocycles. The van der Waals surface area contributed by atoms with Crippen LogP contribution in [0.4, 0.5) is 15.8 Å². The Balaban J connectivity index is 2.00. The van der Waals surface area contributed by atoms with Crippen molar-refractivity contribution >= 4 is 22.3 Å². The predicted molar refractivity (Wildman–Crippen MR) is 78.7 cm³/mol. The molecule has 1 aromatic carbocycles. The molecule has 21 heavy (non-hydrogen) atoms. The van der Waals surface area contributed by atoms with Gasteiger partial charge in [-0.3, -0.25) is 15.1 Å². The summed E-state index contributed by atoms with van der Waals surface area (Å²) in [6, 6.07) is 4.16. The molecule has 3 rings (SSSR count). The molecule has 1 aliphatic rings. The van der Waals surface area contributed by atoms with E-state index < -0.39 is 10.7 Å². The summed E-state index contributed by atoms with van der Waals surface area (Å²) >= 11 is 0. The number of benzene rings is 1. The van der Waals surface area contributed by atoms with Crippen LogP contribution < -0.4 is 5.32 Å². The number of pyridine rings is 1. The number of non-ortho nitro benzene ring substituents is 1. The molecule has 1 aromatic heterocycles. The summed E-state index contributed by atoms with van der Waals surface area (Å²) in [6.45, 7) is 4.98. The second kappa shape index (κ2) is 4.65. The highest BCUT2D eigenvalue weighted by atomic mass is 19.1. The van der Waals surface area contributed by atoms with E-state index >= 15 is 0 Å². The number of rotatable bonds is 4. The van der Waals surface area contributed by atoms with Gasteiger partial charge in [0.1, 0.15) is 5.52 Å². The molecule has 110 valence electrons. The number of anilines is 1. The minimum absolute atomic E-state index is 0.249. The number of nitrogens with one attached hydrogen (secondary N) is 1. The SMILES string of the molecule is CC1(C)CC1CNc1c(F)cc([N+](=O)[O-])c2cccnc12. The van der Waals surface area contributed by atoms with Crippen LogP contribution in [-0.2, 0) is 0 Å². The first-order valence-corrected chi connectivity index (χ1v) is 6.85. The molecule has 0 spiro atoms. The summed E-state index contributed by atoms with van der Waals surface area (Å²) in [5.74, 6) is -0.141. The molecular weight excluding hydrogens is 273 g/mol. The molecule has 6 heteroatoms. The van der Waals surface area contributed by atoms with Gasteiger partial charge in [0, 0.05) is 12.7 Å². The van der Waals surface area contributed by atoms with E-state index in [1.807, 2.05) is 0 Å². The Bertz CT molecular complexity index is 730. The Morgan fingerprint density at radius 1 is 1.57 bits per heavy atom. The van der Waals surface area contributed by atoms with E-state index in [4.69, 9.17) is 0 Å². The van der Waals surface area contributed by atoms with Crippen molar-refractivity contribution in [1.29, 1.82) is 0 Å². The van der Waals surface area contributed by atoms with Gasteiger partial charge in [-0.05, 0) is 29.9 Å². The Morgan fingerprint density at radius 3 is 2.90 bits per heavy atom. The van der Waals surface area contributed by atoms with Gasteiger partial charge in [0.15, 0.2) is 5.82 Å². The maximum Gasteiger partial charge on any atom is 0.281 e. The van der Waals surface area contributed by atoms with Gasteiger partial charge in [-0.25, -0.2) is 4.39 Å². The molecule has 1 aliphatic carbocycles. The lowest BCUT2D eigenvalue weighted by Crippen LogP contribution is -2.10. The number of nitrogens with zero attached hydrogens (tertiary/aromatic N) is 2. The van der Waals surface area contributed by atoms with Crippen LogP contribution in [0.2, 0.25) is 0 Å². The Hall–Kier alpha value is -2.24. The van der Waals surface area contributed by atoms with Crippen LogP contribution >= 0.6 is 0 Å². The Morgan fingerprint density at radius 2 is 2.29 bits per heavy atom. The lowest BCUT2D eigenvalue weighted by Gasteiger charge is -2.11. The maximum absolute atomic E-state index is 14.2. The van der Waals surface area contributed by atoms with Gasteiger partial charge < -0.3 is 5.32 Å². The number of halogens is 1. The van der Waals surface area contributed by atoms with E-state index in [0.717, 1.165) is 12.5 Å². The molecule has 1 N–H and O–H groups in total. The third-order valence-corrected chi connectivity index (χ3v) is 4.26. The van der Waals surface area contributed by atoms with Gasteiger partial charge in [0.05, 0.1) is 22.1 Å². The van der Waals surface area contributed by atoms with Crippen LogP contribution in [0, 0.1) is 27.3 Å². The number of fused-ring (bicyclic) bond motifs is 1. The fourth-order valence-electron chi connectivity index (χ4n) is 2.66. The summed E-state index contributed by atoms with van der Waals surface area (Å²) in [4.78, 5) is 14.6. The van der Waals surface area contributed by atoms with Crippen LogP contribution in [0.25, 0.3) is 10.9 Å². The predicted octanol–water partition coefficient (Wildman–Crippen LogP) is 3.74. The maximum atomic E-state index is 14.2. The summed E-state index contributed by atoms with van der Waals surface area (Å²) in [5.41, 5.74) is 0.586. The fourth-order valence-corrected chi connectivity index (χ4v) is 2.66. The van der Waals surface area contributed by atoms with Gasteiger partial charge in [0.2, 0.25) is 0 Å². The monoisotopic (exact) mass is 289 g/mol. The van der Waals surface area contributed by atoms with E-state index in [0.29, 0.717) is 23.4 Å². The molecular formula is C15H16FN3O2. The number of nitro benzene ring substituents is 1. The quantitative estimate of drug-likeness (QED) is 0.687. The van der Waals surface area contributed by atoms with Crippen molar-refractivity contribution in [2.75, 3.05) is 11.9 Å². The van der Waals surface area contributed by atoms with Crippen LogP contribution in [0.5, 0.6) is 0 Å². The zero-order chi connectivity index (χ0) is 15.2. The first-order chi connectivity index (χ1) is 9.90.